The fourth-order valence-electron chi connectivity index (χ4n) is 2.00. The van der Waals surface area contributed by atoms with Crippen LogP contribution in [0.25, 0.3) is 0 Å². The van der Waals surface area contributed by atoms with E-state index in [2.05, 4.69) is 20.8 Å². The number of nitro benzene ring substituents is 1. The Kier molecular flexibility index (Phi) is 4.78. The number of carbonyl (C=O) groups excluding carboxylic acids is 1. The minimum Gasteiger partial charge on any atom is -0.298 e. The van der Waals surface area contributed by atoms with Gasteiger partial charge >= 0.3 is 0 Å². The van der Waals surface area contributed by atoms with E-state index in [1.807, 2.05) is 11.9 Å². The molecule has 1 aromatic carbocycles. The van der Waals surface area contributed by atoms with E-state index in [1.165, 1.54) is 18.2 Å². The molecular formula is C14H20N2O3. The van der Waals surface area contributed by atoms with E-state index in [0.717, 1.165) is 6.54 Å². The minimum atomic E-state index is -0.490. The lowest BCUT2D eigenvalue weighted by Gasteiger charge is -2.25. The number of hydrogen-bond donors (Lipinski definition) is 0. The van der Waals surface area contributed by atoms with Crippen molar-refractivity contribution in [1.82, 2.24) is 4.90 Å². The van der Waals surface area contributed by atoms with Crippen LogP contribution < -0.4 is 0 Å². The van der Waals surface area contributed by atoms with Crippen molar-refractivity contribution < 1.29 is 9.72 Å². The SMILES string of the molecule is CN(CC(=O)c1cccc([N+](=O)[O-])c1)CC(C)(C)C. The average molecular weight is 264 g/mol. The van der Waals surface area contributed by atoms with E-state index in [1.54, 1.807) is 6.07 Å². The Hall–Kier alpha value is -1.75. The van der Waals surface area contributed by atoms with Crippen molar-refractivity contribution in [3.63, 3.8) is 0 Å². The fourth-order valence-corrected chi connectivity index (χ4v) is 2.00. The zero-order valence-electron chi connectivity index (χ0n) is 11.8. The van der Waals surface area contributed by atoms with Gasteiger partial charge in [0.15, 0.2) is 5.78 Å². The molecule has 0 saturated carbocycles. The Balaban J connectivity index is 2.73. The van der Waals surface area contributed by atoms with Gasteiger partial charge in [-0.25, -0.2) is 0 Å². The molecule has 0 saturated heterocycles. The van der Waals surface area contributed by atoms with Crippen LogP contribution in [-0.4, -0.2) is 35.7 Å². The van der Waals surface area contributed by atoms with Crippen molar-refractivity contribution in [2.75, 3.05) is 20.1 Å². The molecule has 5 heteroatoms. The zero-order valence-corrected chi connectivity index (χ0v) is 11.8. The van der Waals surface area contributed by atoms with Gasteiger partial charge in [0, 0.05) is 24.2 Å². The summed E-state index contributed by atoms with van der Waals surface area (Å²) in [6, 6.07) is 5.86. The quantitative estimate of drug-likeness (QED) is 0.466. The second-order valence-corrected chi connectivity index (χ2v) is 5.96. The van der Waals surface area contributed by atoms with E-state index in [-0.39, 0.29) is 23.4 Å². The normalized spacial score (nSPS) is 11.6. The smallest absolute Gasteiger partial charge is 0.270 e. The fraction of sp³-hybridized carbons (Fsp3) is 0.500. The molecule has 0 aromatic heterocycles. The first-order valence-corrected chi connectivity index (χ1v) is 6.15. The molecule has 0 aliphatic rings. The number of rotatable bonds is 5. The van der Waals surface area contributed by atoms with E-state index in [4.69, 9.17) is 0 Å². The summed E-state index contributed by atoms with van der Waals surface area (Å²) in [7, 11) is 1.88. The number of Topliss-reactive ketones (excluding diaryl/α,β-unsaturated/α-hetero) is 1. The molecule has 0 spiro atoms. The molecule has 0 N–H and O–H groups in total. The van der Waals surface area contributed by atoms with Crippen LogP contribution in [0, 0.1) is 15.5 Å². The van der Waals surface area contributed by atoms with Gasteiger partial charge < -0.3 is 0 Å². The molecule has 0 heterocycles. The summed E-state index contributed by atoms with van der Waals surface area (Å²) in [4.78, 5) is 24.2. The molecule has 0 bridgehead atoms. The van der Waals surface area contributed by atoms with Crippen molar-refractivity contribution in [1.29, 1.82) is 0 Å². The van der Waals surface area contributed by atoms with Crippen molar-refractivity contribution in [3.05, 3.63) is 39.9 Å². The third-order valence-electron chi connectivity index (χ3n) is 2.54. The van der Waals surface area contributed by atoms with Gasteiger partial charge in [0.25, 0.3) is 5.69 Å². The van der Waals surface area contributed by atoms with Gasteiger partial charge in [0.2, 0.25) is 0 Å². The first kappa shape index (κ1) is 15.3. The summed E-state index contributed by atoms with van der Waals surface area (Å²) in [5.74, 6) is -0.101. The summed E-state index contributed by atoms with van der Waals surface area (Å²) >= 11 is 0. The van der Waals surface area contributed by atoms with E-state index < -0.39 is 4.92 Å². The molecule has 0 aliphatic heterocycles. The molecule has 1 rings (SSSR count). The standard InChI is InChI=1S/C14H20N2O3/c1-14(2,3)10-15(4)9-13(17)11-6-5-7-12(8-11)16(18)19/h5-8H,9-10H2,1-4H3. The topological polar surface area (TPSA) is 63.5 Å². The Morgan fingerprint density at radius 2 is 2.00 bits per heavy atom. The van der Waals surface area contributed by atoms with Crippen LogP contribution in [-0.2, 0) is 0 Å². The highest BCUT2D eigenvalue weighted by Crippen LogP contribution is 2.16. The summed E-state index contributed by atoms with van der Waals surface area (Å²) in [6.07, 6.45) is 0. The molecule has 104 valence electrons. The van der Waals surface area contributed by atoms with Gasteiger partial charge in [-0.1, -0.05) is 32.9 Å². The zero-order chi connectivity index (χ0) is 14.6. The Morgan fingerprint density at radius 1 is 1.37 bits per heavy atom. The van der Waals surface area contributed by atoms with Gasteiger partial charge in [0.1, 0.15) is 0 Å². The molecule has 0 atom stereocenters. The molecule has 0 aliphatic carbocycles. The number of nitrogens with zero attached hydrogens (tertiary/aromatic N) is 2. The number of carbonyl (C=O) groups is 1. The lowest BCUT2D eigenvalue weighted by atomic mass is 9.96. The largest absolute Gasteiger partial charge is 0.298 e. The van der Waals surface area contributed by atoms with Gasteiger partial charge in [-0.2, -0.15) is 0 Å². The first-order chi connectivity index (χ1) is 8.69. The van der Waals surface area contributed by atoms with Gasteiger partial charge in [0.05, 0.1) is 11.5 Å². The monoisotopic (exact) mass is 264 g/mol. The maximum atomic E-state index is 12.1. The predicted molar refractivity (Wildman–Crippen MR) is 74.4 cm³/mol. The van der Waals surface area contributed by atoms with Gasteiger partial charge in [-0.3, -0.25) is 19.8 Å². The number of nitro groups is 1. The Morgan fingerprint density at radius 3 is 2.53 bits per heavy atom. The van der Waals surface area contributed by atoms with E-state index >= 15 is 0 Å². The van der Waals surface area contributed by atoms with Crippen LogP contribution in [0.5, 0.6) is 0 Å². The van der Waals surface area contributed by atoms with E-state index in [9.17, 15) is 14.9 Å². The van der Waals surface area contributed by atoms with Crippen LogP contribution in [0.3, 0.4) is 0 Å². The summed E-state index contributed by atoms with van der Waals surface area (Å²) in [6.45, 7) is 7.34. The third-order valence-corrected chi connectivity index (χ3v) is 2.54. The molecule has 1 aromatic rings. The maximum absolute atomic E-state index is 12.1. The van der Waals surface area contributed by atoms with Crippen molar-refractivity contribution in [2.45, 2.75) is 20.8 Å². The second kappa shape index (κ2) is 5.93. The Bertz CT molecular complexity index is 478. The highest BCUT2D eigenvalue weighted by molar-refractivity contribution is 5.98. The van der Waals surface area contributed by atoms with Crippen LogP contribution >= 0.6 is 0 Å². The van der Waals surface area contributed by atoms with E-state index in [0.29, 0.717) is 5.56 Å². The van der Waals surface area contributed by atoms with Crippen molar-refractivity contribution in [2.24, 2.45) is 5.41 Å². The second-order valence-electron chi connectivity index (χ2n) is 5.96. The first-order valence-electron chi connectivity index (χ1n) is 6.15. The number of hydrogen-bond acceptors (Lipinski definition) is 4. The molecule has 19 heavy (non-hydrogen) atoms. The van der Waals surface area contributed by atoms with Crippen molar-refractivity contribution in [3.8, 4) is 0 Å². The molecule has 0 unspecified atom stereocenters. The highest BCUT2D eigenvalue weighted by Gasteiger charge is 2.17. The molecular weight excluding hydrogens is 244 g/mol. The van der Waals surface area contributed by atoms with Crippen LogP contribution in [0.4, 0.5) is 5.69 Å². The maximum Gasteiger partial charge on any atom is 0.270 e. The third kappa shape index (κ3) is 5.18. The highest BCUT2D eigenvalue weighted by atomic mass is 16.6. The number of likely N-dealkylation sites (N-methyl/N-ethyl adjacent to an activating group) is 1. The van der Waals surface area contributed by atoms with Crippen LogP contribution in [0.1, 0.15) is 31.1 Å². The number of benzene rings is 1. The van der Waals surface area contributed by atoms with Gasteiger partial charge in [-0.05, 0) is 12.5 Å². The minimum absolute atomic E-state index is 0.0516. The predicted octanol–water partition coefficient (Wildman–Crippen LogP) is 2.76. The number of ketones is 1. The summed E-state index contributed by atoms with van der Waals surface area (Å²) in [5, 5.41) is 10.7. The summed E-state index contributed by atoms with van der Waals surface area (Å²) in [5.41, 5.74) is 0.442. The van der Waals surface area contributed by atoms with Crippen molar-refractivity contribution >= 4 is 11.5 Å². The molecule has 0 radical (unpaired) electrons. The van der Waals surface area contributed by atoms with Gasteiger partial charge in [-0.15, -0.1) is 0 Å². The lowest BCUT2D eigenvalue weighted by Crippen LogP contribution is -2.33. The average Bonchev–Trinajstić information content (AvgIpc) is 2.26. The number of non-ortho nitro benzene ring substituents is 1. The molecule has 5 nitrogen and oxygen atoms in total. The molecule has 0 fully saturated rings. The Labute approximate surface area is 113 Å². The summed E-state index contributed by atoms with van der Waals surface area (Å²) < 4.78 is 0. The van der Waals surface area contributed by atoms with Crippen LogP contribution in [0.2, 0.25) is 0 Å². The molecule has 0 amide bonds. The lowest BCUT2D eigenvalue weighted by molar-refractivity contribution is -0.384. The van der Waals surface area contributed by atoms with Crippen LogP contribution in [0.15, 0.2) is 24.3 Å².